The van der Waals surface area contributed by atoms with Crippen LogP contribution in [0.15, 0.2) is 28.3 Å². The lowest BCUT2D eigenvalue weighted by molar-refractivity contribution is 0.248. The Balaban J connectivity index is 2.39. The molecule has 0 radical (unpaired) electrons. The maximum absolute atomic E-state index is 5.29. The zero-order valence-corrected chi connectivity index (χ0v) is 10.5. The zero-order valence-electron chi connectivity index (χ0n) is 10.5. The van der Waals surface area contributed by atoms with Crippen molar-refractivity contribution < 1.29 is 9.47 Å². The molecular weight excluding hydrogens is 216 g/mol. The number of aromatic amines is 1. The first-order chi connectivity index (χ1) is 8.15. The Kier molecular flexibility index (Phi) is 3.04. The zero-order chi connectivity index (χ0) is 12.4. The first kappa shape index (κ1) is 11.5. The van der Waals surface area contributed by atoms with Crippen molar-refractivity contribution in [1.82, 2.24) is 4.98 Å². The number of hydrogen-bond acceptors (Lipinski definition) is 3. The number of allylic oxidation sites excluding steroid dienone is 1. The van der Waals surface area contributed by atoms with Crippen molar-refractivity contribution in [1.29, 1.82) is 0 Å². The van der Waals surface area contributed by atoms with Crippen molar-refractivity contribution in [3.8, 4) is 0 Å². The Morgan fingerprint density at radius 1 is 1.24 bits per heavy atom. The lowest BCUT2D eigenvalue weighted by Gasteiger charge is -2.04. The predicted octanol–water partition coefficient (Wildman–Crippen LogP) is 2.56. The van der Waals surface area contributed by atoms with Gasteiger partial charge >= 0.3 is 0 Å². The van der Waals surface area contributed by atoms with Gasteiger partial charge in [0.2, 0.25) is 0 Å². The van der Waals surface area contributed by atoms with Gasteiger partial charge in [-0.3, -0.25) is 0 Å². The standard InChI is InChI=1S/C13H16N2O2/c1-8-5-9(2)15-10(8)6-11-13(17-4)12(16-3)7-14-11/h5-7,15H,1-4H3/b11-6-. The minimum absolute atomic E-state index is 0.652. The van der Waals surface area contributed by atoms with Crippen molar-refractivity contribution in [3.63, 3.8) is 0 Å². The third-order valence-corrected chi connectivity index (χ3v) is 2.67. The number of methoxy groups -OCH3 is 2. The molecular formula is C13H16N2O2. The van der Waals surface area contributed by atoms with Crippen LogP contribution >= 0.6 is 0 Å². The van der Waals surface area contributed by atoms with Crippen LogP contribution in [0, 0.1) is 13.8 Å². The maximum Gasteiger partial charge on any atom is 0.188 e. The fourth-order valence-corrected chi connectivity index (χ4v) is 1.86. The molecule has 0 unspecified atom stereocenters. The van der Waals surface area contributed by atoms with Crippen LogP contribution in [-0.4, -0.2) is 25.4 Å². The van der Waals surface area contributed by atoms with Gasteiger partial charge in [-0.05, 0) is 31.6 Å². The molecule has 1 aliphatic heterocycles. The SMILES string of the molecule is COC1=C(OC)/C(=C/c2[nH]c(C)cc2C)N=C1. The Labute approximate surface area is 101 Å². The molecule has 0 aromatic carbocycles. The quantitative estimate of drug-likeness (QED) is 0.870. The van der Waals surface area contributed by atoms with Crippen LogP contribution in [0.1, 0.15) is 17.0 Å². The highest BCUT2D eigenvalue weighted by molar-refractivity contribution is 5.85. The molecule has 2 heterocycles. The molecule has 4 heteroatoms. The lowest BCUT2D eigenvalue weighted by Crippen LogP contribution is -1.94. The molecule has 0 bridgehead atoms. The van der Waals surface area contributed by atoms with Gasteiger partial charge in [-0.25, -0.2) is 4.99 Å². The summed E-state index contributed by atoms with van der Waals surface area (Å²) in [4.78, 5) is 7.56. The van der Waals surface area contributed by atoms with Crippen molar-refractivity contribution >= 4 is 12.3 Å². The first-order valence-corrected chi connectivity index (χ1v) is 5.40. The Hall–Kier alpha value is -1.97. The van der Waals surface area contributed by atoms with Gasteiger partial charge in [0.1, 0.15) is 5.70 Å². The normalized spacial score (nSPS) is 17.1. The smallest absolute Gasteiger partial charge is 0.188 e. The third kappa shape index (κ3) is 2.11. The summed E-state index contributed by atoms with van der Waals surface area (Å²) in [5, 5.41) is 0. The van der Waals surface area contributed by atoms with E-state index < -0.39 is 0 Å². The molecule has 1 aromatic rings. The van der Waals surface area contributed by atoms with Gasteiger partial charge in [0, 0.05) is 11.4 Å². The van der Waals surface area contributed by atoms with Crippen molar-refractivity contribution in [2.75, 3.05) is 14.2 Å². The number of rotatable bonds is 3. The maximum atomic E-state index is 5.29. The summed E-state index contributed by atoms with van der Waals surface area (Å²) in [7, 11) is 3.22. The number of aromatic nitrogens is 1. The van der Waals surface area contributed by atoms with Crippen LogP contribution in [0.3, 0.4) is 0 Å². The monoisotopic (exact) mass is 232 g/mol. The van der Waals surface area contributed by atoms with Crippen LogP contribution in [-0.2, 0) is 9.47 Å². The number of H-pyrrole nitrogens is 1. The molecule has 0 aliphatic carbocycles. The van der Waals surface area contributed by atoms with Crippen LogP contribution < -0.4 is 0 Å². The van der Waals surface area contributed by atoms with Crippen LogP contribution in [0.5, 0.6) is 0 Å². The summed E-state index contributed by atoms with van der Waals surface area (Å²) in [5.41, 5.74) is 4.13. The van der Waals surface area contributed by atoms with Crippen LogP contribution in [0.25, 0.3) is 6.08 Å². The molecule has 0 saturated carbocycles. The summed E-state index contributed by atoms with van der Waals surface area (Å²) in [5.74, 6) is 1.32. The molecule has 0 amide bonds. The van der Waals surface area contributed by atoms with E-state index in [1.165, 1.54) is 5.56 Å². The molecule has 4 nitrogen and oxygen atoms in total. The first-order valence-electron chi connectivity index (χ1n) is 5.40. The molecule has 0 spiro atoms. The van der Waals surface area contributed by atoms with E-state index >= 15 is 0 Å². The fraction of sp³-hybridized carbons (Fsp3) is 0.308. The number of hydrogen-bond donors (Lipinski definition) is 1. The number of nitrogens with one attached hydrogen (secondary N) is 1. The molecule has 0 atom stereocenters. The second-order valence-corrected chi connectivity index (χ2v) is 3.94. The van der Waals surface area contributed by atoms with Gasteiger partial charge in [-0.15, -0.1) is 0 Å². The molecule has 0 fully saturated rings. The largest absolute Gasteiger partial charge is 0.491 e. The van der Waals surface area contributed by atoms with Crippen molar-refractivity contribution in [3.05, 3.63) is 40.2 Å². The fourth-order valence-electron chi connectivity index (χ4n) is 1.86. The molecule has 90 valence electrons. The minimum atomic E-state index is 0.652. The molecule has 1 aliphatic rings. The lowest BCUT2D eigenvalue weighted by atomic mass is 10.2. The Bertz CT molecular complexity index is 522. The summed E-state index contributed by atoms with van der Waals surface area (Å²) >= 11 is 0. The van der Waals surface area contributed by atoms with E-state index in [4.69, 9.17) is 9.47 Å². The highest BCUT2D eigenvalue weighted by atomic mass is 16.5. The number of nitrogens with zero attached hydrogens (tertiary/aromatic N) is 1. The average Bonchev–Trinajstić information content (AvgIpc) is 2.83. The molecule has 2 rings (SSSR count). The second kappa shape index (κ2) is 4.49. The second-order valence-electron chi connectivity index (χ2n) is 3.94. The summed E-state index contributed by atoms with van der Waals surface area (Å²) in [6.07, 6.45) is 3.62. The Morgan fingerprint density at radius 2 is 2.00 bits per heavy atom. The summed E-state index contributed by atoms with van der Waals surface area (Å²) in [6.45, 7) is 4.09. The molecule has 1 N–H and O–H groups in total. The van der Waals surface area contributed by atoms with Crippen molar-refractivity contribution in [2.24, 2.45) is 4.99 Å². The van der Waals surface area contributed by atoms with Gasteiger partial charge in [-0.2, -0.15) is 0 Å². The Morgan fingerprint density at radius 3 is 2.53 bits per heavy atom. The topological polar surface area (TPSA) is 46.6 Å². The number of aliphatic imine (C=N–C) groups is 1. The van der Waals surface area contributed by atoms with E-state index in [1.807, 2.05) is 13.0 Å². The highest BCUT2D eigenvalue weighted by Crippen LogP contribution is 2.25. The van der Waals surface area contributed by atoms with Crippen LogP contribution in [0.4, 0.5) is 0 Å². The van der Waals surface area contributed by atoms with Gasteiger partial charge in [0.25, 0.3) is 0 Å². The number of ether oxygens (including phenoxy) is 2. The molecule has 0 saturated heterocycles. The van der Waals surface area contributed by atoms with E-state index in [9.17, 15) is 0 Å². The average molecular weight is 232 g/mol. The third-order valence-electron chi connectivity index (χ3n) is 2.67. The molecule has 17 heavy (non-hydrogen) atoms. The highest BCUT2D eigenvalue weighted by Gasteiger charge is 2.18. The van der Waals surface area contributed by atoms with E-state index in [-0.39, 0.29) is 0 Å². The van der Waals surface area contributed by atoms with E-state index in [1.54, 1.807) is 20.4 Å². The summed E-state index contributed by atoms with van der Waals surface area (Å²) < 4.78 is 10.5. The van der Waals surface area contributed by atoms with E-state index in [0.29, 0.717) is 11.5 Å². The van der Waals surface area contributed by atoms with Gasteiger partial charge < -0.3 is 14.5 Å². The van der Waals surface area contributed by atoms with Gasteiger partial charge in [0.15, 0.2) is 11.5 Å². The van der Waals surface area contributed by atoms with Gasteiger partial charge in [0.05, 0.1) is 20.4 Å². The van der Waals surface area contributed by atoms with Crippen LogP contribution in [0.2, 0.25) is 0 Å². The van der Waals surface area contributed by atoms with E-state index in [2.05, 4.69) is 23.0 Å². The van der Waals surface area contributed by atoms with Gasteiger partial charge in [-0.1, -0.05) is 0 Å². The summed E-state index contributed by atoms with van der Waals surface area (Å²) in [6, 6.07) is 2.10. The van der Waals surface area contributed by atoms with Crippen molar-refractivity contribution in [2.45, 2.75) is 13.8 Å². The number of aryl methyl sites for hydroxylation is 2. The van der Waals surface area contributed by atoms with E-state index in [0.717, 1.165) is 17.1 Å². The predicted molar refractivity (Wildman–Crippen MR) is 67.8 cm³/mol. The minimum Gasteiger partial charge on any atom is -0.491 e. The molecule has 1 aromatic heterocycles.